The summed E-state index contributed by atoms with van der Waals surface area (Å²) < 4.78 is 0. The molecule has 2 heteroatoms. The molecule has 0 atom stereocenters. The van der Waals surface area contributed by atoms with Crippen LogP contribution in [0.15, 0.2) is 9.98 Å². The zero-order valence-electron chi connectivity index (χ0n) is 5.68. The van der Waals surface area contributed by atoms with Gasteiger partial charge >= 0.3 is 0 Å². The van der Waals surface area contributed by atoms with E-state index in [1.807, 2.05) is 20.8 Å². The molecule has 0 aromatic heterocycles. The van der Waals surface area contributed by atoms with Crippen LogP contribution >= 0.6 is 0 Å². The van der Waals surface area contributed by atoms with E-state index in [4.69, 9.17) is 0 Å². The third-order valence-corrected chi connectivity index (χ3v) is 0.651. The first-order chi connectivity index (χ1) is 3.77. The summed E-state index contributed by atoms with van der Waals surface area (Å²) >= 11 is 0. The fraction of sp³-hybridized carbons (Fsp3) is 0.667. The normalized spacial score (nSPS) is 9.88. The Labute approximate surface area is 50.4 Å². The minimum absolute atomic E-state index is 0.582. The van der Waals surface area contributed by atoms with Gasteiger partial charge in [0.15, 0.2) is 0 Å². The van der Waals surface area contributed by atoms with Gasteiger partial charge in [-0.3, -0.25) is 9.98 Å². The van der Waals surface area contributed by atoms with Gasteiger partial charge in [-0.15, -0.1) is 0 Å². The molecule has 0 aliphatic heterocycles. The second-order valence-electron chi connectivity index (χ2n) is 1.69. The summed E-state index contributed by atoms with van der Waals surface area (Å²) in [4.78, 5) is 7.93. The van der Waals surface area contributed by atoms with E-state index in [2.05, 4.69) is 9.98 Å². The van der Waals surface area contributed by atoms with Crippen LogP contribution in [0.25, 0.3) is 0 Å². The van der Waals surface area contributed by atoms with Gasteiger partial charge < -0.3 is 0 Å². The number of aliphatic imine (C=N–C) groups is 2. The SMILES string of the molecule is C/C=N\CN=C(C)C. The lowest BCUT2D eigenvalue weighted by Crippen LogP contribution is -1.82. The lowest BCUT2D eigenvalue weighted by molar-refractivity contribution is 1.07. The smallest absolute Gasteiger partial charge is 0.128 e. The number of nitrogens with zero attached hydrogens (tertiary/aromatic N) is 2. The summed E-state index contributed by atoms with van der Waals surface area (Å²) in [7, 11) is 0. The molecule has 0 N–H and O–H groups in total. The van der Waals surface area contributed by atoms with E-state index in [9.17, 15) is 0 Å². The molecule has 0 aliphatic carbocycles. The van der Waals surface area contributed by atoms with Crippen molar-refractivity contribution in [2.45, 2.75) is 20.8 Å². The van der Waals surface area contributed by atoms with Crippen molar-refractivity contribution in [1.82, 2.24) is 0 Å². The van der Waals surface area contributed by atoms with E-state index in [1.165, 1.54) is 0 Å². The predicted molar refractivity (Wildman–Crippen MR) is 37.8 cm³/mol. The molecule has 2 nitrogen and oxygen atoms in total. The Morgan fingerprint density at radius 1 is 1.50 bits per heavy atom. The summed E-state index contributed by atoms with van der Waals surface area (Å²) in [5.41, 5.74) is 1.08. The van der Waals surface area contributed by atoms with Gasteiger partial charge in [0.1, 0.15) is 6.67 Å². The molecule has 0 aromatic rings. The summed E-state index contributed by atoms with van der Waals surface area (Å²) in [5, 5.41) is 0. The molecule has 0 saturated carbocycles. The van der Waals surface area contributed by atoms with Crippen LogP contribution in [0.5, 0.6) is 0 Å². The molecule has 0 fully saturated rings. The minimum atomic E-state index is 0.582. The Kier molecular flexibility index (Phi) is 4.13. The maximum Gasteiger partial charge on any atom is 0.128 e. The van der Waals surface area contributed by atoms with Gasteiger partial charge in [-0.1, -0.05) is 0 Å². The van der Waals surface area contributed by atoms with Gasteiger partial charge in [0.25, 0.3) is 0 Å². The fourth-order valence-corrected chi connectivity index (χ4v) is 0.264. The van der Waals surface area contributed by atoms with Gasteiger partial charge in [-0.05, 0) is 27.0 Å². The van der Waals surface area contributed by atoms with Crippen LogP contribution in [0.4, 0.5) is 0 Å². The standard InChI is InChI=1S/C6H12N2/c1-4-7-5-8-6(2)3/h4H,5H2,1-3H3/b7-4-. The van der Waals surface area contributed by atoms with Crippen molar-refractivity contribution in [2.24, 2.45) is 9.98 Å². The maximum atomic E-state index is 4.03. The zero-order valence-corrected chi connectivity index (χ0v) is 5.68. The van der Waals surface area contributed by atoms with Gasteiger partial charge in [0, 0.05) is 5.71 Å². The molecular weight excluding hydrogens is 100 g/mol. The molecule has 0 aromatic carbocycles. The monoisotopic (exact) mass is 112 g/mol. The fourth-order valence-electron chi connectivity index (χ4n) is 0.264. The predicted octanol–water partition coefficient (Wildman–Crippen LogP) is 1.52. The molecule has 46 valence electrons. The third kappa shape index (κ3) is 5.34. The molecular formula is C6H12N2. The van der Waals surface area contributed by atoms with Crippen molar-refractivity contribution >= 4 is 11.9 Å². The molecule has 0 unspecified atom stereocenters. The van der Waals surface area contributed by atoms with Crippen molar-refractivity contribution in [3.63, 3.8) is 0 Å². The topological polar surface area (TPSA) is 24.7 Å². The Balaban J connectivity index is 3.30. The van der Waals surface area contributed by atoms with Crippen molar-refractivity contribution in [2.75, 3.05) is 6.67 Å². The van der Waals surface area contributed by atoms with E-state index in [0.717, 1.165) is 5.71 Å². The van der Waals surface area contributed by atoms with Gasteiger partial charge in [0.2, 0.25) is 0 Å². The second kappa shape index (κ2) is 4.50. The van der Waals surface area contributed by atoms with Crippen LogP contribution in [-0.4, -0.2) is 18.6 Å². The van der Waals surface area contributed by atoms with E-state index in [-0.39, 0.29) is 0 Å². The molecule has 0 amide bonds. The van der Waals surface area contributed by atoms with Crippen molar-refractivity contribution < 1.29 is 0 Å². The Morgan fingerprint density at radius 3 is 2.50 bits per heavy atom. The Morgan fingerprint density at radius 2 is 2.12 bits per heavy atom. The van der Waals surface area contributed by atoms with Crippen molar-refractivity contribution in [3.8, 4) is 0 Å². The first-order valence-electron chi connectivity index (χ1n) is 2.69. The lowest BCUT2D eigenvalue weighted by atomic mass is 10.5. The molecule has 8 heavy (non-hydrogen) atoms. The highest BCUT2D eigenvalue weighted by molar-refractivity contribution is 5.79. The lowest BCUT2D eigenvalue weighted by Gasteiger charge is -1.84. The summed E-state index contributed by atoms with van der Waals surface area (Å²) in [6, 6.07) is 0. The van der Waals surface area contributed by atoms with Crippen molar-refractivity contribution in [1.29, 1.82) is 0 Å². The van der Waals surface area contributed by atoms with Crippen LogP contribution in [0.1, 0.15) is 20.8 Å². The van der Waals surface area contributed by atoms with Crippen LogP contribution in [0.3, 0.4) is 0 Å². The van der Waals surface area contributed by atoms with Gasteiger partial charge in [-0.2, -0.15) is 0 Å². The highest BCUT2D eigenvalue weighted by Crippen LogP contribution is 1.74. The van der Waals surface area contributed by atoms with Crippen LogP contribution < -0.4 is 0 Å². The number of hydrogen-bond donors (Lipinski definition) is 0. The highest BCUT2D eigenvalue weighted by Gasteiger charge is 1.71. The van der Waals surface area contributed by atoms with E-state index in [1.54, 1.807) is 6.21 Å². The van der Waals surface area contributed by atoms with Crippen LogP contribution in [0, 0.1) is 0 Å². The van der Waals surface area contributed by atoms with E-state index < -0.39 is 0 Å². The first kappa shape index (κ1) is 7.34. The molecule has 0 spiro atoms. The largest absolute Gasteiger partial charge is 0.274 e. The molecule has 0 saturated heterocycles. The molecule has 0 aliphatic rings. The van der Waals surface area contributed by atoms with Crippen LogP contribution in [0.2, 0.25) is 0 Å². The van der Waals surface area contributed by atoms with E-state index in [0.29, 0.717) is 6.67 Å². The minimum Gasteiger partial charge on any atom is -0.274 e. The van der Waals surface area contributed by atoms with Gasteiger partial charge in [0.05, 0.1) is 0 Å². The quantitative estimate of drug-likeness (QED) is 0.484. The first-order valence-corrected chi connectivity index (χ1v) is 2.69. The summed E-state index contributed by atoms with van der Waals surface area (Å²) in [5.74, 6) is 0. The van der Waals surface area contributed by atoms with Gasteiger partial charge in [-0.25, -0.2) is 0 Å². The Hall–Kier alpha value is -0.660. The molecule has 0 radical (unpaired) electrons. The van der Waals surface area contributed by atoms with Crippen molar-refractivity contribution in [3.05, 3.63) is 0 Å². The Bertz CT molecular complexity index is 99.1. The highest BCUT2D eigenvalue weighted by atomic mass is 14.9. The van der Waals surface area contributed by atoms with Crippen LogP contribution in [-0.2, 0) is 0 Å². The van der Waals surface area contributed by atoms with E-state index >= 15 is 0 Å². The average molecular weight is 112 g/mol. The zero-order chi connectivity index (χ0) is 6.41. The maximum absolute atomic E-state index is 4.03. The number of rotatable bonds is 2. The molecule has 0 bridgehead atoms. The molecule has 0 heterocycles. The third-order valence-electron chi connectivity index (χ3n) is 0.651. The average Bonchev–Trinajstić information content (AvgIpc) is 1.66. The summed E-state index contributed by atoms with van der Waals surface area (Å²) in [6.07, 6.45) is 1.76. The summed E-state index contributed by atoms with van der Waals surface area (Å²) in [6.45, 7) is 6.40. The molecule has 0 rings (SSSR count). The second-order valence-corrected chi connectivity index (χ2v) is 1.69. The number of hydrogen-bond acceptors (Lipinski definition) is 2.